The highest BCUT2D eigenvalue weighted by atomic mass is 32.2. The zero-order chi connectivity index (χ0) is 19.3. The molecule has 2 aromatic rings. The molecule has 1 aromatic heterocycles. The summed E-state index contributed by atoms with van der Waals surface area (Å²) >= 11 is 0. The fourth-order valence-electron chi connectivity index (χ4n) is 2.67. The second-order valence-electron chi connectivity index (χ2n) is 7.25. The van der Waals surface area contributed by atoms with Crippen LogP contribution in [0.3, 0.4) is 0 Å². The van der Waals surface area contributed by atoms with Gasteiger partial charge < -0.3 is 4.42 Å². The SMILES string of the molecule is CC(C)(C)c1nc2c(o1)CCN(S(=O)(=O)c1ccc(C(F)(F)F)cc1)C2. The Morgan fingerprint density at radius 2 is 1.73 bits per heavy atom. The fraction of sp³-hybridized carbons (Fsp3) is 0.471. The second kappa shape index (κ2) is 6.09. The van der Waals surface area contributed by atoms with Crippen molar-refractivity contribution in [2.24, 2.45) is 0 Å². The maximum atomic E-state index is 12.7. The smallest absolute Gasteiger partial charge is 0.416 e. The van der Waals surface area contributed by atoms with Crippen molar-refractivity contribution in [3.63, 3.8) is 0 Å². The molecule has 0 atom stereocenters. The Bertz CT molecular complexity index is 910. The fourth-order valence-corrected chi connectivity index (χ4v) is 4.07. The first-order valence-electron chi connectivity index (χ1n) is 8.05. The molecule has 9 heteroatoms. The lowest BCUT2D eigenvalue weighted by molar-refractivity contribution is -0.137. The van der Waals surface area contributed by atoms with Crippen LogP contribution < -0.4 is 0 Å². The predicted octanol–water partition coefficient (Wildman–Crippen LogP) is 3.74. The van der Waals surface area contributed by atoms with Gasteiger partial charge in [0.25, 0.3) is 0 Å². The zero-order valence-corrected chi connectivity index (χ0v) is 15.4. The number of rotatable bonds is 2. The van der Waals surface area contributed by atoms with Gasteiger partial charge in [-0.15, -0.1) is 0 Å². The number of benzene rings is 1. The summed E-state index contributed by atoms with van der Waals surface area (Å²) in [5, 5.41) is 0. The quantitative estimate of drug-likeness (QED) is 0.786. The van der Waals surface area contributed by atoms with Gasteiger partial charge in [0.1, 0.15) is 5.76 Å². The van der Waals surface area contributed by atoms with E-state index in [0.29, 0.717) is 23.8 Å². The van der Waals surface area contributed by atoms with Crippen LogP contribution in [-0.2, 0) is 34.6 Å². The predicted molar refractivity (Wildman–Crippen MR) is 87.9 cm³/mol. The van der Waals surface area contributed by atoms with Gasteiger partial charge in [-0.25, -0.2) is 13.4 Å². The van der Waals surface area contributed by atoms with E-state index in [0.717, 1.165) is 24.3 Å². The molecule has 0 aliphatic carbocycles. The Balaban J connectivity index is 1.86. The molecule has 142 valence electrons. The zero-order valence-electron chi connectivity index (χ0n) is 14.6. The van der Waals surface area contributed by atoms with Crippen LogP contribution in [0.1, 0.15) is 43.7 Å². The number of hydrogen-bond acceptors (Lipinski definition) is 4. The number of nitrogens with zero attached hydrogens (tertiary/aromatic N) is 2. The summed E-state index contributed by atoms with van der Waals surface area (Å²) in [4.78, 5) is 4.23. The third-order valence-electron chi connectivity index (χ3n) is 4.15. The van der Waals surface area contributed by atoms with Crippen LogP contribution in [0.25, 0.3) is 0 Å². The standard InChI is InChI=1S/C17H19F3N2O3S/c1-16(2,3)15-21-13-10-22(9-8-14(13)25-15)26(23,24)12-6-4-11(5-7-12)17(18,19)20/h4-7H,8-10H2,1-3H3. The van der Waals surface area contributed by atoms with Gasteiger partial charge in [0.05, 0.1) is 22.7 Å². The Morgan fingerprint density at radius 3 is 2.27 bits per heavy atom. The van der Waals surface area contributed by atoms with Crippen LogP contribution in [0.2, 0.25) is 0 Å². The minimum Gasteiger partial charge on any atom is -0.445 e. The third kappa shape index (κ3) is 3.50. The Morgan fingerprint density at radius 1 is 1.12 bits per heavy atom. The molecule has 0 bridgehead atoms. The molecular weight excluding hydrogens is 369 g/mol. The molecule has 26 heavy (non-hydrogen) atoms. The molecule has 0 amide bonds. The summed E-state index contributed by atoms with van der Waals surface area (Å²) in [6, 6.07) is 3.51. The van der Waals surface area contributed by atoms with E-state index >= 15 is 0 Å². The van der Waals surface area contributed by atoms with Crippen molar-refractivity contribution in [1.82, 2.24) is 9.29 Å². The van der Waals surface area contributed by atoms with Crippen LogP contribution in [0.15, 0.2) is 33.6 Å². The number of fused-ring (bicyclic) bond motifs is 1. The molecule has 1 aliphatic rings. The summed E-state index contributed by atoms with van der Waals surface area (Å²) in [5.41, 5.74) is -0.630. The highest BCUT2D eigenvalue weighted by molar-refractivity contribution is 7.89. The molecule has 0 saturated heterocycles. The van der Waals surface area contributed by atoms with Crippen LogP contribution in [0.5, 0.6) is 0 Å². The number of oxazole rings is 1. The minimum absolute atomic E-state index is 0.0399. The van der Waals surface area contributed by atoms with Gasteiger partial charge >= 0.3 is 6.18 Å². The topological polar surface area (TPSA) is 63.4 Å². The van der Waals surface area contributed by atoms with Gasteiger partial charge in [-0.3, -0.25) is 0 Å². The van der Waals surface area contributed by atoms with Gasteiger partial charge in [-0.1, -0.05) is 20.8 Å². The van der Waals surface area contributed by atoms with Crippen molar-refractivity contribution >= 4 is 10.0 Å². The second-order valence-corrected chi connectivity index (χ2v) is 9.19. The van der Waals surface area contributed by atoms with E-state index in [1.165, 1.54) is 4.31 Å². The molecule has 1 aromatic carbocycles. The van der Waals surface area contributed by atoms with Crippen molar-refractivity contribution < 1.29 is 26.0 Å². The van der Waals surface area contributed by atoms with E-state index in [2.05, 4.69) is 4.98 Å². The van der Waals surface area contributed by atoms with E-state index in [-0.39, 0.29) is 23.4 Å². The van der Waals surface area contributed by atoms with Crippen LogP contribution in [0, 0.1) is 0 Å². The van der Waals surface area contributed by atoms with E-state index < -0.39 is 21.8 Å². The average Bonchev–Trinajstić information content (AvgIpc) is 2.97. The maximum absolute atomic E-state index is 12.7. The summed E-state index contributed by atoms with van der Waals surface area (Å²) in [7, 11) is -3.91. The van der Waals surface area contributed by atoms with Gasteiger partial charge in [-0.05, 0) is 24.3 Å². The lowest BCUT2D eigenvalue weighted by atomic mass is 9.97. The largest absolute Gasteiger partial charge is 0.445 e. The van der Waals surface area contributed by atoms with Gasteiger partial charge in [0.2, 0.25) is 10.0 Å². The van der Waals surface area contributed by atoms with Crippen LogP contribution in [-0.4, -0.2) is 24.3 Å². The lowest BCUT2D eigenvalue weighted by Gasteiger charge is -2.24. The molecular formula is C17H19F3N2O3S. The third-order valence-corrected chi connectivity index (χ3v) is 6.01. The highest BCUT2D eigenvalue weighted by Crippen LogP contribution is 2.32. The Kier molecular flexibility index (Phi) is 4.43. The molecule has 3 rings (SSSR count). The average molecular weight is 388 g/mol. The van der Waals surface area contributed by atoms with Crippen molar-refractivity contribution in [2.75, 3.05) is 6.54 Å². The molecule has 0 unspecified atom stereocenters. The molecule has 1 aliphatic heterocycles. The molecule has 2 heterocycles. The van der Waals surface area contributed by atoms with E-state index in [1.54, 1.807) is 0 Å². The highest BCUT2D eigenvalue weighted by Gasteiger charge is 2.34. The number of alkyl halides is 3. The Hall–Kier alpha value is -1.87. The molecule has 0 spiro atoms. The van der Waals surface area contributed by atoms with Gasteiger partial charge in [-0.2, -0.15) is 17.5 Å². The number of sulfonamides is 1. The van der Waals surface area contributed by atoms with Crippen molar-refractivity contribution in [3.05, 3.63) is 47.2 Å². The minimum atomic E-state index is -4.51. The van der Waals surface area contributed by atoms with Crippen LogP contribution >= 0.6 is 0 Å². The van der Waals surface area contributed by atoms with Crippen molar-refractivity contribution in [2.45, 2.75) is 50.2 Å². The lowest BCUT2D eigenvalue weighted by Crippen LogP contribution is -2.35. The van der Waals surface area contributed by atoms with E-state index in [1.807, 2.05) is 20.8 Å². The van der Waals surface area contributed by atoms with E-state index in [9.17, 15) is 21.6 Å². The number of halogens is 3. The van der Waals surface area contributed by atoms with Crippen molar-refractivity contribution in [1.29, 1.82) is 0 Å². The number of hydrogen-bond donors (Lipinski definition) is 0. The first-order valence-corrected chi connectivity index (χ1v) is 9.49. The monoisotopic (exact) mass is 388 g/mol. The summed E-state index contributed by atoms with van der Waals surface area (Å²) in [5.74, 6) is 1.20. The molecule has 0 saturated carbocycles. The van der Waals surface area contributed by atoms with Gasteiger partial charge in [0, 0.05) is 18.4 Å². The van der Waals surface area contributed by atoms with Crippen molar-refractivity contribution in [3.8, 4) is 0 Å². The first kappa shape index (κ1) is 18.9. The first-order chi connectivity index (χ1) is 11.9. The van der Waals surface area contributed by atoms with E-state index in [4.69, 9.17) is 4.42 Å². The normalized spacial score (nSPS) is 16.5. The summed E-state index contributed by atoms with van der Waals surface area (Å²) in [6.07, 6.45) is -4.13. The summed E-state index contributed by atoms with van der Waals surface area (Å²) in [6.45, 7) is 6.07. The molecule has 0 N–H and O–H groups in total. The molecule has 0 fully saturated rings. The Labute approximate surface area is 149 Å². The van der Waals surface area contributed by atoms with Crippen LogP contribution in [0.4, 0.5) is 13.2 Å². The summed E-state index contributed by atoms with van der Waals surface area (Å²) < 4.78 is 70.4. The van der Waals surface area contributed by atoms with Gasteiger partial charge in [0.15, 0.2) is 5.89 Å². The maximum Gasteiger partial charge on any atom is 0.416 e. The molecule has 0 radical (unpaired) electrons. The molecule has 5 nitrogen and oxygen atoms in total. The number of aromatic nitrogens is 1.